The lowest BCUT2D eigenvalue weighted by atomic mass is 9.92. The zero-order valence-corrected chi connectivity index (χ0v) is 39.7. The molecule has 0 spiro atoms. The van der Waals surface area contributed by atoms with E-state index in [1.165, 1.54) is 16.3 Å². The molecule has 1 aliphatic heterocycles. The molecule has 5 nitrogen and oxygen atoms in total. The van der Waals surface area contributed by atoms with Gasteiger partial charge in [0.1, 0.15) is 0 Å². The fourth-order valence-electron chi connectivity index (χ4n) is 8.07. The highest BCUT2D eigenvalue weighted by Gasteiger charge is 2.54. The van der Waals surface area contributed by atoms with Crippen molar-refractivity contribution in [1.29, 1.82) is 0 Å². The van der Waals surface area contributed by atoms with E-state index in [0.29, 0.717) is 32.0 Å². The molecule has 0 N–H and O–H groups in total. The Morgan fingerprint density at radius 1 is 0.745 bits per heavy atom. The lowest BCUT2D eigenvalue weighted by Crippen LogP contribution is -2.53. The van der Waals surface area contributed by atoms with Crippen LogP contribution in [0.2, 0.25) is 54.9 Å². The maximum atomic E-state index is 7.68. The van der Waals surface area contributed by atoms with Gasteiger partial charge in [-0.2, -0.15) is 0 Å². The SMILES string of the molecule is CC[Si](CC)(CC)O[C@H](CC[C@@](C)(CCO[Si](C)(C)C(C)(C)C)OCc1ccccc1)[C@@H]1O[C@@](C)(COCc2ccccc2)C[C@H]1[Si](C)(C)c1ccccc1. The van der Waals surface area contributed by atoms with Crippen molar-refractivity contribution in [2.24, 2.45) is 0 Å². The van der Waals surface area contributed by atoms with Gasteiger partial charge in [-0.25, -0.2) is 0 Å². The Kier molecular flexibility index (Phi) is 16.4. The van der Waals surface area contributed by atoms with Crippen molar-refractivity contribution in [3.8, 4) is 0 Å². The van der Waals surface area contributed by atoms with E-state index in [0.717, 1.165) is 43.8 Å². The Bertz CT molecular complexity index is 1530. The molecule has 3 aromatic rings. The Hall–Kier alpha value is -1.89. The highest BCUT2D eigenvalue weighted by molar-refractivity contribution is 6.91. The largest absolute Gasteiger partial charge is 0.417 e. The third kappa shape index (κ3) is 12.6. The smallest absolute Gasteiger partial charge is 0.192 e. The maximum absolute atomic E-state index is 7.68. The first-order valence-corrected chi connectivity index (χ1v) is 29.8. The summed E-state index contributed by atoms with van der Waals surface area (Å²) in [6.45, 7) is 30.8. The van der Waals surface area contributed by atoms with Gasteiger partial charge in [-0.3, -0.25) is 0 Å². The third-order valence-corrected chi connectivity index (χ3v) is 26.8. The van der Waals surface area contributed by atoms with Crippen molar-refractivity contribution in [1.82, 2.24) is 0 Å². The van der Waals surface area contributed by atoms with Crippen molar-refractivity contribution < 1.29 is 23.1 Å². The Morgan fingerprint density at radius 2 is 1.27 bits per heavy atom. The van der Waals surface area contributed by atoms with Crippen LogP contribution in [0.1, 0.15) is 92.2 Å². The van der Waals surface area contributed by atoms with Crippen LogP contribution < -0.4 is 5.19 Å². The van der Waals surface area contributed by atoms with Crippen molar-refractivity contribution in [3.05, 3.63) is 102 Å². The molecule has 0 saturated carbocycles. The summed E-state index contributed by atoms with van der Waals surface area (Å²) >= 11 is 0. The highest BCUT2D eigenvalue weighted by Crippen LogP contribution is 2.48. The van der Waals surface area contributed by atoms with Crippen LogP contribution in [0, 0.1) is 0 Å². The van der Waals surface area contributed by atoms with Gasteiger partial charge in [0.2, 0.25) is 0 Å². The van der Waals surface area contributed by atoms with Gasteiger partial charge in [0.05, 0.1) is 51.3 Å². The molecule has 0 aliphatic carbocycles. The monoisotopic (exact) mass is 805 g/mol. The molecular formula is C47H76O5Si3. The van der Waals surface area contributed by atoms with Crippen LogP contribution in [0.3, 0.4) is 0 Å². The predicted octanol–water partition coefficient (Wildman–Crippen LogP) is 12.3. The zero-order chi connectivity index (χ0) is 40.4. The molecule has 0 aromatic heterocycles. The summed E-state index contributed by atoms with van der Waals surface area (Å²) in [6.07, 6.45) is 3.47. The minimum absolute atomic E-state index is 0.0365. The van der Waals surface area contributed by atoms with E-state index in [4.69, 9.17) is 23.1 Å². The van der Waals surface area contributed by atoms with E-state index in [9.17, 15) is 0 Å². The van der Waals surface area contributed by atoms with E-state index in [2.05, 4.69) is 173 Å². The van der Waals surface area contributed by atoms with E-state index >= 15 is 0 Å². The number of ether oxygens (including phenoxy) is 3. The Balaban J connectivity index is 1.68. The normalized spacial score (nSPS) is 21.4. The standard InChI is InChI=1S/C47H76O5Si3/c1-13-55(14-2,15-3)52-42(31-32-46(7,49-37-40-27-21-17-22-28-40)33-34-50-54(11,12)45(4,5)6)44-43(53(9,10)41-29-23-18-24-30-41)35-47(8,51-44)38-48-36-39-25-19-16-20-26-39/h16-30,42-44H,13-15,31-38H2,1-12H3/t42-,43-,44+,46+,47-/m1/s1. The topological polar surface area (TPSA) is 46.2 Å². The third-order valence-electron chi connectivity index (χ3n) is 13.4. The zero-order valence-electron chi connectivity index (χ0n) is 36.7. The lowest BCUT2D eigenvalue weighted by Gasteiger charge is -2.42. The molecule has 55 heavy (non-hydrogen) atoms. The molecule has 1 aliphatic rings. The van der Waals surface area contributed by atoms with Crippen molar-refractivity contribution >= 4 is 29.9 Å². The van der Waals surface area contributed by atoms with Gasteiger partial charge in [-0.1, -0.05) is 151 Å². The van der Waals surface area contributed by atoms with Crippen LogP contribution in [-0.4, -0.2) is 61.3 Å². The van der Waals surface area contributed by atoms with Gasteiger partial charge >= 0.3 is 0 Å². The highest BCUT2D eigenvalue weighted by atomic mass is 28.4. The molecule has 1 saturated heterocycles. The fourth-order valence-corrected chi connectivity index (χ4v) is 15.5. The maximum Gasteiger partial charge on any atom is 0.192 e. The second kappa shape index (κ2) is 19.7. The van der Waals surface area contributed by atoms with Crippen LogP contribution in [0.25, 0.3) is 0 Å². The molecule has 0 radical (unpaired) electrons. The predicted molar refractivity (Wildman–Crippen MR) is 240 cm³/mol. The molecule has 5 atom stereocenters. The van der Waals surface area contributed by atoms with Crippen molar-refractivity contribution in [3.63, 3.8) is 0 Å². The van der Waals surface area contributed by atoms with E-state index in [1.54, 1.807) is 0 Å². The minimum atomic E-state index is -2.06. The summed E-state index contributed by atoms with van der Waals surface area (Å²) in [5, 5.41) is 1.63. The summed E-state index contributed by atoms with van der Waals surface area (Å²) in [4.78, 5) is 0. The number of rotatable bonds is 22. The van der Waals surface area contributed by atoms with Crippen LogP contribution in [0.4, 0.5) is 0 Å². The molecule has 1 heterocycles. The molecule has 4 rings (SSSR count). The van der Waals surface area contributed by atoms with E-state index < -0.39 is 35.9 Å². The second-order valence-electron chi connectivity index (χ2n) is 18.9. The summed E-state index contributed by atoms with van der Waals surface area (Å²) in [5.41, 5.74) is 1.94. The molecule has 8 heteroatoms. The molecule has 0 amide bonds. The van der Waals surface area contributed by atoms with Gasteiger partial charge in [-0.05, 0) is 92.5 Å². The summed E-state index contributed by atoms with van der Waals surface area (Å²) < 4.78 is 35.4. The molecule has 306 valence electrons. The fraction of sp³-hybridized carbons (Fsp3) is 0.617. The van der Waals surface area contributed by atoms with Gasteiger partial charge < -0.3 is 23.1 Å². The molecular weight excluding hydrogens is 729 g/mol. The van der Waals surface area contributed by atoms with Crippen molar-refractivity contribution in [2.45, 2.75) is 173 Å². The average Bonchev–Trinajstić information content (AvgIpc) is 3.53. The first kappa shape index (κ1) is 45.8. The first-order chi connectivity index (χ1) is 25.9. The van der Waals surface area contributed by atoms with Gasteiger partial charge in [0.25, 0.3) is 0 Å². The van der Waals surface area contributed by atoms with Gasteiger partial charge in [-0.15, -0.1) is 0 Å². The Morgan fingerprint density at radius 3 is 1.80 bits per heavy atom. The van der Waals surface area contributed by atoms with Crippen LogP contribution in [0.5, 0.6) is 0 Å². The van der Waals surface area contributed by atoms with E-state index in [-0.39, 0.29) is 17.2 Å². The van der Waals surface area contributed by atoms with Gasteiger partial charge in [0, 0.05) is 6.61 Å². The second-order valence-corrected chi connectivity index (χ2v) is 33.2. The summed E-state index contributed by atoms with van der Waals surface area (Å²) in [7, 11) is -6.00. The molecule has 3 aromatic carbocycles. The molecule has 0 unspecified atom stereocenters. The number of hydrogen-bond donors (Lipinski definition) is 0. The van der Waals surface area contributed by atoms with Crippen LogP contribution >= 0.6 is 0 Å². The minimum Gasteiger partial charge on any atom is -0.417 e. The van der Waals surface area contributed by atoms with E-state index in [1.807, 2.05) is 0 Å². The van der Waals surface area contributed by atoms with Crippen molar-refractivity contribution in [2.75, 3.05) is 13.2 Å². The lowest BCUT2D eigenvalue weighted by molar-refractivity contribution is -0.118. The van der Waals surface area contributed by atoms with Crippen LogP contribution in [-0.2, 0) is 36.3 Å². The summed E-state index contributed by atoms with van der Waals surface area (Å²) in [6, 6.07) is 35.6. The quantitative estimate of drug-likeness (QED) is 0.0947. The molecule has 1 fully saturated rings. The number of hydrogen-bond acceptors (Lipinski definition) is 5. The van der Waals surface area contributed by atoms with Crippen LogP contribution in [0.15, 0.2) is 91.0 Å². The first-order valence-electron chi connectivity index (χ1n) is 21.2. The molecule has 0 bridgehead atoms. The summed E-state index contributed by atoms with van der Waals surface area (Å²) in [5.74, 6) is 0. The number of benzene rings is 3. The average molecular weight is 805 g/mol. The van der Waals surface area contributed by atoms with Gasteiger partial charge in [0.15, 0.2) is 16.6 Å². The Labute approximate surface area is 339 Å².